The van der Waals surface area contributed by atoms with Gasteiger partial charge in [-0.15, -0.1) is 0 Å². The fourth-order valence-corrected chi connectivity index (χ4v) is 7.37. The Bertz CT molecular complexity index is 860. The van der Waals surface area contributed by atoms with E-state index in [1.165, 1.54) is 0 Å². The number of alkyl carbamates (subject to hydrolysis) is 1. The van der Waals surface area contributed by atoms with Gasteiger partial charge in [-0.1, -0.05) is 60.7 Å². The molecule has 0 spiro atoms. The van der Waals surface area contributed by atoms with E-state index >= 15 is 0 Å². The van der Waals surface area contributed by atoms with Gasteiger partial charge < -0.3 is 33.8 Å². The number of ether oxygens (including phenoxy) is 1. The molecule has 9 heteroatoms. The number of benzene rings is 2. The van der Waals surface area contributed by atoms with Crippen molar-refractivity contribution in [3.8, 4) is 0 Å². The van der Waals surface area contributed by atoms with Crippen LogP contribution in [-0.2, 0) is 23.6 Å². The number of rotatable bonds is 14. The van der Waals surface area contributed by atoms with E-state index in [0.717, 1.165) is 11.1 Å². The van der Waals surface area contributed by atoms with Crippen LogP contribution in [0, 0.1) is 0 Å². The van der Waals surface area contributed by atoms with E-state index < -0.39 is 20.5 Å². The van der Waals surface area contributed by atoms with Crippen molar-refractivity contribution in [1.82, 2.24) is 10.6 Å². The molecule has 2 aromatic rings. The first-order valence-electron chi connectivity index (χ1n) is 12.9. The molecule has 1 heterocycles. The van der Waals surface area contributed by atoms with E-state index in [2.05, 4.69) is 10.6 Å². The monoisotopic (exact) mass is 516 g/mol. The van der Waals surface area contributed by atoms with Crippen LogP contribution in [0.15, 0.2) is 60.7 Å². The topological polar surface area (TPSA) is 98.3 Å². The van der Waals surface area contributed by atoms with E-state index in [9.17, 15) is 9.90 Å². The summed E-state index contributed by atoms with van der Waals surface area (Å²) in [5.74, 6) is 0. The SMILES string of the molecule is CCO[Si](CCCNC(=O)O[C@H]1CN[C@H](C(O)(c2ccccc2)c2ccccc2)C1)(OCC)OCC. The van der Waals surface area contributed by atoms with Crippen molar-refractivity contribution in [1.29, 1.82) is 0 Å². The molecule has 0 aromatic heterocycles. The molecule has 0 saturated carbocycles. The minimum atomic E-state index is -2.73. The summed E-state index contributed by atoms with van der Waals surface area (Å²) in [7, 11) is -2.73. The van der Waals surface area contributed by atoms with Crippen LogP contribution >= 0.6 is 0 Å². The van der Waals surface area contributed by atoms with Crippen molar-refractivity contribution < 1.29 is 27.9 Å². The van der Waals surface area contributed by atoms with Gasteiger partial charge in [0.15, 0.2) is 0 Å². The van der Waals surface area contributed by atoms with Crippen LogP contribution in [0.2, 0.25) is 6.04 Å². The molecular formula is C27H40N2O6Si. The number of aliphatic hydroxyl groups is 1. The van der Waals surface area contributed by atoms with Gasteiger partial charge in [-0.3, -0.25) is 0 Å². The van der Waals surface area contributed by atoms with E-state index in [1.807, 2.05) is 81.4 Å². The van der Waals surface area contributed by atoms with Crippen molar-refractivity contribution in [2.75, 3.05) is 32.9 Å². The van der Waals surface area contributed by atoms with Crippen molar-refractivity contribution in [2.45, 2.75) is 57.4 Å². The van der Waals surface area contributed by atoms with Gasteiger partial charge in [-0.25, -0.2) is 4.79 Å². The smallest absolute Gasteiger partial charge is 0.445 e. The van der Waals surface area contributed by atoms with Crippen LogP contribution in [-0.4, -0.2) is 65.1 Å². The van der Waals surface area contributed by atoms with Gasteiger partial charge >= 0.3 is 14.9 Å². The van der Waals surface area contributed by atoms with Crippen LogP contribution in [0.3, 0.4) is 0 Å². The number of carbonyl (C=O) groups excluding carboxylic acids is 1. The van der Waals surface area contributed by atoms with Gasteiger partial charge in [-0.05, 0) is 38.3 Å². The van der Waals surface area contributed by atoms with Gasteiger partial charge in [0.1, 0.15) is 11.7 Å². The number of hydrogen-bond donors (Lipinski definition) is 3. The molecule has 0 aliphatic carbocycles. The molecule has 3 N–H and O–H groups in total. The van der Waals surface area contributed by atoms with E-state index in [4.69, 9.17) is 18.0 Å². The molecule has 0 radical (unpaired) electrons. The Morgan fingerprint density at radius 3 is 2.00 bits per heavy atom. The summed E-state index contributed by atoms with van der Waals surface area (Å²) < 4.78 is 23.3. The molecule has 1 saturated heterocycles. The van der Waals surface area contributed by atoms with Crippen LogP contribution in [0.4, 0.5) is 4.79 Å². The molecule has 3 rings (SSSR count). The zero-order chi connectivity index (χ0) is 25.9. The third-order valence-electron chi connectivity index (χ3n) is 6.32. The van der Waals surface area contributed by atoms with E-state index in [1.54, 1.807) is 0 Å². The zero-order valence-corrected chi connectivity index (χ0v) is 22.6. The molecule has 1 aliphatic rings. The number of carbonyl (C=O) groups is 1. The predicted molar refractivity (Wildman–Crippen MR) is 141 cm³/mol. The molecule has 2 aromatic carbocycles. The van der Waals surface area contributed by atoms with Crippen LogP contribution < -0.4 is 10.6 Å². The standard InChI is InChI=1S/C27H40N2O6Si/c1-4-32-36(33-5-2,34-6-3)19-13-18-28-26(30)35-24-20-25(29-21-24)27(31,22-14-9-7-10-15-22)23-16-11-8-12-17-23/h7-12,14-17,24-25,29,31H,4-6,13,18-21H2,1-3H3,(H,28,30)/t24-,25+/m1/s1. The van der Waals surface area contributed by atoms with Gasteiger partial charge in [0.25, 0.3) is 0 Å². The summed E-state index contributed by atoms with van der Waals surface area (Å²) in [6.07, 6.45) is 0.330. The highest BCUT2D eigenvalue weighted by atomic mass is 28.4. The average Bonchev–Trinajstić information content (AvgIpc) is 3.36. The fourth-order valence-electron chi connectivity index (χ4n) is 4.75. The second-order valence-electron chi connectivity index (χ2n) is 8.73. The van der Waals surface area contributed by atoms with Gasteiger partial charge in [0, 0.05) is 51.4 Å². The third kappa shape index (κ3) is 7.15. The molecule has 36 heavy (non-hydrogen) atoms. The second kappa shape index (κ2) is 13.9. The largest absolute Gasteiger partial charge is 0.500 e. The lowest BCUT2D eigenvalue weighted by Crippen LogP contribution is -2.46. The molecule has 1 amide bonds. The number of nitrogens with one attached hydrogen (secondary N) is 2. The molecule has 2 atom stereocenters. The van der Waals surface area contributed by atoms with Crippen molar-refractivity contribution in [2.24, 2.45) is 0 Å². The zero-order valence-electron chi connectivity index (χ0n) is 21.6. The maximum Gasteiger partial charge on any atom is 0.500 e. The first kappa shape index (κ1) is 28.3. The second-order valence-corrected chi connectivity index (χ2v) is 11.5. The third-order valence-corrected chi connectivity index (χ3v) is 9.47. The Hall–Kier alpha value is -2.27. The van der Waals surface area contributed by atoms with Crippen molar-refractivity contribution in [3.05, 3.63) is 71.8 Å². The quantitative estimate of drug-likeness (QED) is 0.259. The van der Waals surface area contributed by atoms with E-state index in [-0.39, 0.29) is 12.1 Å². The Labute approximate surface area is 215 Å². The molecule has 1 fully saturated rings. The Balaban J connectivity index is 1.54. The van der Waals surface area contributed by atoms with Crippen LogP contribution in [0.5, 0.6) is 0 Å². The summed E-state index contributed by atoms with van der Waals surface area (Å²) in [4.78, 5) is 12.5. The van der Waals surface area contributed by atoms with Gasteiger partial charge in [0.2, 0.25) is 0 Å². The number of amides is 1. The lowest BCUT2D eigenvalue weighted by molar-refractivity contribution is 0.0372. The Morgan fingerprint density at radius 2 is 1.50 bits per heavy atom. The fraction of sp³-hybridized carbons (Fsp3) is 0.519. The first-order valence-corrected chi connectivity index (χ1v) is 14.8. The van der Waals surface area contributed by atoms with Crippen molar-refractivity contribution >= 4 is 14.9 Å². The molecule has 198 valence electrons. The van der Waals surface area contributed by atoms with Crippen molar-refractivity contribution in [3.63, 3.8) is 0 Å². The molecule has 1 aliphatic heterocycles. The molecule has 0 bridgehead atoms. The van der Waals surface area contributed by atoms with Crippen LogP contribution in [0.1, 0.15) is 44.7 Å². The van der Waals surface area contributed by atoms with Crippen LogP contribution in [0.25, 0.3) is 0 Å². The maximum atomic E-state index is 12.5. The lowest BCUT2D eigenvalue weighted by Gasteiger charge is -2.35. The molecule has 8 nitrogen and oxygen atoms in total. The summed E-state index contributed by atoms with van der Waals surface area (Å²) in [6, 6.07) is 19.5. The maximum absolute atomic E-state index is 12.5. The minimum Gasteiger partial charge on any atom is -0.445 e. The van der Waals surface area contributed by atoms with Gasteiger partial charge in [-0.2, -0.15) is 0 Å². The first-order chi connectivity index (χ1) is 17.5. The highest BCUT2D eigenvalue weighted by Crippen LogP contribution is 2.37. The Kier molecular flexibility index (Phi) is 10.9. The average molecular weight is 517 g/mol. The Morgan fingerprint density at radius 1 is 0.972 bits per heavy atom. The lowest BCUT2D eigenvalue weighted by atomic mass is 9.79. The summed E-state index contributed by atoms with van der Waals surface area (Å²) >= 11 is 0. The molecule has 0 unspecified atom stereocenters. The normalized spacial score (nSPS) is 18.2. The summed E-state index contributed by atoms with van der Waals surface area (Å²) in [5.41, 5.74) is 0.344. The minimum absolute atomic E-state index is 0.310. The summed E-state index contributed by atoms with van der Waals surface area (Å²) in [5, 5.41) is 18.1. The van der Waals surface area contributed by atoms with Gasteiger partial charge in [0.05, 0.1) is 0 Å². The number of hydrogen-bond acceptors (Lipinski definition) is 7. The highest BCUT2D eigenvalue weighted by Gasteiger charge is 2.45. The summed E-state index contributed by atoms with van der Waals surface area (Å²) in [6.45, 7) is 8.25. The van der Waals surface area contributed by atoms with E-state index in [0.29, 0.717) is 51.8 Å². The highest BCUT2D eigenvalue weighted by molar-refractivity contribution is 6.60. The predicted octanol–water partition coefficient (Wildman–Crippen LogP) is 3.82. The molecular weight excluding hydrogens is 476 g/mol.